The van der Waals surface area contributed by atoms with Gasteiger partial charge < -0.3 is 19.7 Å². The minimum Gasteiger partial charge on any atom is -0.454 e. The smallest absolute Gasteiger partial charge is 0.239 e. The number of nitrogens with one attached hydrogen (secondary N) is 1. The summed E-state index contributed by atoms with van der Waals surface area (Å²) in [5.74, 6) is 0.831. The van der Waals surface area contributed by atoms with Crippen LogP contribution in [0.15, 0.2) is 18.2 Å². The molecule has 1 aromatic rings. The molecular formula is C17H22N2O4. The van der Waals surface area contributed by atoms with Crippen LogP contribution in [-0.2, 0) is 9.59 Å². The van der Waals surface area contributed by atoms with Crippen LogP contribution >= 0.6 is 0 Å². The number of carbonyl (C=O) groups is 2. The third-order valence-corrected chi connectivity index (χ3v) is 4.38. The van der Waals surface area contributed by atoms with Crippen molar-refractivity contribution in [1.82, 2.24) is 4.90 Å². The molecule has 6 heteroatoms. The van der Waals surface area contributed by atoms with Gasteiger partial charge in [0.05, 0.1) is 0 Å². The van der Waals surface area contributed by atoms with Crippen LogP contribution in [0.5, 0.6) is 11.5 Å². The van der Waals surface area contributed by atoms with Crippen molar-refractivity contribution < 1.29 is 19.1 Å². The number of hydrogen-bond acceptors (Lipinski definition) is 4. The molecule has 1 N–H and O–H groups in total. The number of rotatable bonds is 3. The van der Waals surface area contributed by atoms with Crippen LogP contribution < -0.4 is 14.8 Å². The summed E-state index contributed by atoms with van der Waals surface area (Å²) in [5.41, 5.74) is -0.507. The van der Waals surface area contributed by atoms with Gasteiger partial charge in [0, 0.05) is 24.8 Å². The van der Waals surface area contributed by atoms with Crippen LogP contribution in [0.25, 0.3) is 0 Å². The minimum atomic E-state index is -1.10. The van der Waals surface area contributed by atoms with Gasteiger partial charge in [-0.1, -0.05) is 0 Å². The summed E-state index contributed by atoms with van der Waals surface area (Å²) in [4.78, 5) is 27.0. The number of likely N-dealkylation sites (tertiary alicyclic amines) is 1. The molecule has 1 saturated heterocycles. The Hall–Kier alpha value is -2.24. The van der Waals surface area contributed by atoms with Crippen LogP contribution in [0.4, 0.5) is 5.69 Å². The van der Waals surface area contributed by atoms with Crippen molar-refractivity contribution in [3.05, 3.63) is 18.2 Å². The monoisotopic (exact) mass is 318 g/mol. The molecule has 2 aliphatic rings. The fourth-order valence-electron chi connectivity index (χ4n) is 2.85. The number of hydrogen-bond donors (Lipinski definition) is 1. The Labute approximate surface area is 135 Å². The Morgan fingerprint density at radius 2 is 1.78 bits per heavy atom. The van der Waals surface area contributed by atoms with Gasteiger partial charge in [0.25, 0.3) is 0 Å². The van der Waals surface area contributed by atoms with Gasteiger partial charge in [-0.2, -0.15) is 0 Å². The van der Waals surface area contributed by atoms with E-state index in [0.717, 1.165) is 32.4 Å². The average Bonchev–Trinajstić information content (AvgIpc) is 3.02. The summed E-state index contributed by atoms with van der Waals surface area (Å²) in [6.45, 7) is 5.00. The van der Waals surface area contributed by atoms with Gasteiger partial charge in [0.15, 0.2) is 11.5 Å². The topological polar surface area (TPSA) is 67.9 Å². The van der Waals surface area contributed by atoms with E-state index in [0.29, 0.717) is 17.2 Å². The van der Waals surface area contributed by atoms with E-state index in [-0.39, 0.29) is 18.6 Å². The van der Waals surface area contributed by atoms with Crippen molar-refractivity contribution in [3.8, 4) is 11.5 Å². The first-order valence-corrected chi connectivity index (χ1v) is 7.99. The van der Waals surface area contributed by atoms with E-state index in [4.69, 9.17) is 9.47 Å². The second kappa shape index (κ2) is 6.10. The molecule has 124 valence electrons. The number of piperidine rings is 1. The maximum atomic E-state index is 12.7. The Bertz CT molecular complexity index is 621. The molecule has 0 radical (unpaired) electrons. The Morgan fingerprint density at radius 1 is 1.09 bits per heavy atom. The summed E-state index contributed by atoms with van der Waals surface area (Å²) in [6.07, 6.45) is 3.16. The number of carbonyl (C=O) groups excluding carboxylic acids is 2. The van der Waals surface area contributed by atoms with Gasteiger partial charge in [-0.25, -0.2) is 0 Å². The highest BCUT2D eigenvalue weighted by Crippen LogP contribution is 2.34. The van der Waals surface area contributed by atoms with Gasteiger partial charge in [0.1, 0.15) is 5.41 Å². The van der Waals surface area contributed by atoms with Crippen molar-refractivity contribution in [1.29, 1.82) is 0 Å². The fourth-order valence-corrected chi connectivity index (χ4v) is 2.85. The summed E-state index contributed by atoms with van der Waals surface area (Å²) < 4.78 is 10.5. The number of fused-ring (bicyclic) bond motifs is 1. The molecule has 0 aliphatic carbocycles. The van der Waals surface area contributed by atoms with E-state index in [1.165, 1.54) is 0 Å². The van der Waals surface area contributed by atoms with Crippen LogP contribution in [0.2, 0.25) is 0 Å². The molecule has 0 atom stereocenters. The lowest BCUT2D eigenvalue weighted by Gasteiger charge is -2.33. The molecule has 2 heterocycles. The molecule has 0 saturated carbocycles. The van der Waals surface area contributed by atoms with E-state index < -0.39 is 5.41 Å². The molecule has 0 spiro atoms. The predicted octanol–water partition coefficient (Wildman–Crippen LogP) is 2.39. The zero-order valence-corrected chi connectivity index (χ0v) is 13.6. The quantitative estimate of drug-likeness (QED) is 0.869. The highest BCUT2D eigenvalue weighted by Gasteiger charge is 2.39. The number of nitrogens with zero attached hydrogens (tertiary/aromatic N) is 1. The predicted molar refractivity (Wildman–Crippen MR) is 85.4 cm³/mol. The molecule has 1 fully saturated rings. The van der Waals surface area contributed by atoms with Gasteiger partial charge in [-0.15, -0.1) is 0 Å². The average molecular weight is 318 g/mol. The van der Waals surface area contributed by atoms with E-state index >= 15 is 0 Å². The van der Waals surface area contributed by atoms with Crippen LogP contribution in [0, 0.1) is 5.41 Å². The van der Waals surface area contributed by atoms with Crippen molar-refractivity contribution >= 4 is 17.5 Å². The lowest BCUT2D eigenvalue weighted by Crippen LogP contribution is -2.48. The Morgan fingerprint density at radius 3 is 2.52 bits per heavy atom. The highest BCUT2D eigenvalue weighted by atomic mass is 16.7. The zero-order chi connectivity index (χ0) is 16.4. The van der Waals surface area contributed by atoms with E-state index in [2.05, 4.69) is 5.32 Å². The van der Waals surface area contributed by atoms with E-state index in [9.17, 15) is 9.59 Å². The molecule has 23 heavy (non-hydrogen) atoms. The van der Waals surface area contributed by atoms with E-state index in [1.54, 1.807) is 36.9 Å². The van der Waals surface area contributed by atoms with Gasteiger partial charge >= 0.3 is 0 Å². The first-order valence-electron chi connectivity index (χ1n) is 7.99. The third-order valence-electron chi connectivity index (χ3n) is 4.38. The molecule has 2 aliphatic heterocycles. The normalized spacial score (nSPS) is 17.0. The molecule has 0 unspecified atom stereocenters. The lowest BCUT2D eigenvalue weighted by molar-refractivity contribution is -0.147. The third kappa shape index (κ3) is 3.11. The Kier molecular flexibility index (Phi) is 4.15. The second-order valence-electron chi connectivity index (χ2n) is 6.50. The van der Waals surface area contributed by atoms with Crippen LogP contribution in [-0.4, -0.2) is 36.6 Å². The standard InChI is InChI=1S/C17H22N2O4/c1-17(2,16(21)19-8-4-3-5-9-19)15(20)18-12-6-7-13-14(10-12)23-11-22-13/h6-7,10H,3-5,8-9,11H2,1-2H3,(H,18,20). The van der Waals surface area contributed by atoms with Crippen molar-refractivity contribution in [2.24, 2.45) is 5.41 Å². The molecule has 0 aromatic heterocycles. The van der Waals surface area contributed by atoms with E-state index in [1.807, 2.05) is 0 Å². The Balaban J connectivity index is 1.69. The molecule has 0 bridgehead atoms. The van der Waals surface area contributed by atoms with Crippen LogP contribution in [0.1, 0.15) is 33.1 Å². The largest absolute Gasteiger partial charge is 0.454 e. The van der Waals surface area contributed by atoms with Crippen LogP contribution in [0.3, 0.4) is 0 Å². The summed E-state index contributed by atoms with van der Waals surface area (Å²) in [5, 5.41) is 2.81. The number of amides is 2. The van der Waals surface area contributed by atoms with Crippen molar-refractivity contribution in [2.75, 3.05) is 25.2 Å². The first kappa shape index (κ1) is 15.6. The maximum absolute atomic E-state index is 12.7. The maximum Gasteiger partial charge on any atom is 0.239 e. The summed E-state index contributed by atoms with van der Waals surface area (Å²) >= 11 is 0. The molecule has 1 aromatic carbocycles. The second-order valence-corrected chi connectivity index (χ2v) is 6.50. The fraction of sp³-hybridized carbons (Fsp3) is 0.529. The number of benzene rings is 1. The molecule has 2 amide bonds. The van der Waals surface area contributed by atoms with Gasteiger partial charge in [-0.05, 0) is 45.2 Å². The lowest BCUT2D eigenvalue weighted by atomic mass is 9.89. The highest BCUT2D eigenvalue weighted by molar-refractivity contribution is 6.09. The first-order chi connectivity index (χ1) is 11.0. The zero-order valence-electron chi connectivity index (χ0n) is 13.6. The summed E-state index contributed by atoms with van der Waals surface area (Å²) in [6, 6.07) is 5.20. The SMILES string of the molecule is CC(C)(C(=O)Nc1ccc2c(c1)OCO2)C(=O)N1CCCCC1. The number of ether oxygens (including phenoxy) is 2. The number of anilines is 1. The van der Waals surface area contributed by atoms with Crippen molar-refractivity contribution in [2.45, 2.75) is 33.1 Å². The molecular weight excluding hydrogens is 296 g/mol. The summed E-state index contributed by atoms with van der Waals surface area (Å²) in [7, 11) is 0. The van der Waals surface area contributed by atoms with Gasteiger partial charge in [0.2, 0.25) is 18.6 Å². The van der Waals surface area contributed by atoms with Gasteiger partial charge in [-0.3, -0.25) is 9.59 Å². The molecule has 3 rings (SSSR count). The van der Waals surface area contributed by atoms with Crippen molar-refractivity contribution in [3.63, 3.8) is 0 Å². The molecule has 6 nitrogen and oxygen atoms in total. The minimum absolute atomic E-state index is 0.115.